The summed E-state index contributed by atoms with van der Waals surface area (Å²) in [5.41, 5.74) is 3.64. The van der Waals surface area contributed by atoms with Gasteiger partial charge < -0.3 is 14.8 Å². The average Bonchev–Trinajstić information content (AvgIpc) is 3.07. The molecular formula is C24H20F3N5O3. The van der Waals surface area contributed by atoms with E-state index in [2.05, 4.69) is 25.3 Å². The fourth-order valence-electron chi connectivity index (χ4n) is 3.16. The fraction of sp³-hybridized carbons (Fsp3) is 0.167. The van der Waals surface area contributed by atoms with E-state index in [1.54, 1.807) is 41.1 Å². The van der Waals surface area contributed by atoms with Gasteiger partial charge in [0.2, 0.25) is 5.88 Å². The second-order valence-corrected chi connectivity index (χ2v) is 7.59. The lowest BCUT2D eigenvalue weighted by atomic mass is 10.2. The number of ether oxygens (including phenoxy) is 2. The van der Waals surface area contributed by atoms with Crippen LogP contribution < -0.4 is 14.8 Å². The molecule has 0 bridgehead atoms. The third-order valence-corrected chi connectivity index (χ3v) is 5.18. The number of alkyl halides is 3. The smallest absolute Gasteiger partial charge is 0.438 e. The molecule has 35 heavy (non-hydrogen) atoms. The molecule has 0 aliphatic carbocycles. The Hall–Kier alpha value is -4.41. The Kier molecular flexibility index (Phi) is 6.41. The van der Waals surface area contributed by atoms with Crippen molar-refractivity contribution in [1.82, 2.24) is 20.0 Å². The van der Waals surface area contributed by atoms with Crippen LogP contribution in [-0.2, 0) is 0 Å². The lowest BCUT2D eigenvalue weighted by Crippen LogP contribution is -2.17. The molecule has 2 heterocycles. The maximum Gasteiger partial charge on any atom is 0.573 e. The van der Waals surface area contributed by atoms with Gasteiger partial charge in [0.05, 0.1) is 5.69 Å². The van der Waals surface area contributed by atoms with Crippen LogP contribution in [0.5, 0.6) is 17.4 Å². The van der Waals surface area contributed by atoms with E-state index in [0.29, 0.717) is 17.3 Å². The van der Waals surface area contributed by atoms with Crippen molar-refractivity contribution in [2.75, 3.05) is 5.32 Å². The molecule has 0 unspecified atom stereocenters. The first kappa shape index (κ1) is 23.7. The number of hydrogen-bond donors (Lipinski definition) is 1. The predicted molar refractivity (Wildman–Crippen MR) is 121 cm³/mol. The summed E-state index contributed by atoms with van der Waals surface area (Å²) in [6.45, 7) is 5.88. The van der Waals surface area contributed by atoms with E-state index in [4.69, 9.17) is 4.74 Å². The molecule has 4 rings (SSSR count). The second-order valence-electron chi connectivity index (χ2n) is 7.59. The molecule has 11 heteroatoms. The number of carbonyl (C=O) groups is 1. The van der Waals surface area contributed by atoms with E-state index in [-0.39, 0.29) is 11.4 Å². The Bertz CT molecular complexity index is 1330. The van der Waals surface area contributed by atoms with Gasteiger partial charge in [-0.15, -0.1) is 23.4 Å². The minimum absolute atomic E-state index is 0.174. The van der Waals surface area contributed by atoms with Crippen molar-refractivity contribution >= 4 is 11.6 Å². The van der Waals surface area contributed by atoms with E-state index in [9.17, 15) is 18.0 Å². The van der Waals surface area contributed by atoms with Gasteiger partial charge in [0.15, 0.2) is 5.82 Å². The summed E-state index contributed by atoms with van der Waals surface area (Å²) in [4.78, 5) is 12.4. The molecule has 2 aromatic heterocycles. The summed E-state index contributed by atoms with van der Waals surface area (Å²) in [6, 6.07) is 14.6. The molecule has 0 fully saturated rings. The molecule has 180 valence electrons. The van der Waals surface area contributed by atoms with Crippen molar-refractivity contribution in [3.05, 3.63) is 83.2 Å². The molecule has 0 atom stereocenters. The molecule has 2 aromatic carbocycles. The molecule has 0 saturated heterocycles. The van der Waals surface area contributed by atoms with Gasteiger partial charge in [0.1, 0.15) is 11.5 Å². The number of rotatable bonds is 6. The lowest BCUT2D eigenvalue weighted by Gasteiger charge is -2.10. The largest absolute Gasteiger partial charge is 0.573 e. The number of nitrogens with zero attached hydrogens (tertiary/aromatic N) is 4. The van der Waals surface area contributed by atoms with Crippen LogP contribution >= 0.6 is 0 Å². The van der Waals surface area contributed by atoms with Crippen molar-refractivity contribution in [3.8, 4) is 23.2 Å². The van der Waals surface area contributed by atoms with Crippen LogP contribution in [0.2, 0.25) is 0 Å². The number of aromatic nitrogens is 4. The highest BCUT2D eigenvalue weighted by Gasteiger charge is 2.31. The first-order chi connectivity index (χ1) is 16.6. The Morgan fingerprint density at radius 3 is 2.09 bits per heavy atom. The maximum atomic E-state index is 12.4. The standard InChI is InChI=1S/C24H20F3N5O3/c1-14-15(2)31-32(16(14)3)21-12-13-22(30-29-21)34-19-10-6-18(7-11-19)28-23(33)17-4-8-20(9-5-17)35-24(25,26)27/h4-13H,1-3H3,(H,28,33). The van der Waals surface area contributed by atoms with Gasteiger partial charge in [-0.2, -0.15) is 5.10 Å². The van der Waals surface area contributed by atoms with Crippen LogP contribution in [0.15, 0.2) is 60.7 Å². The summed E-state index contributed by atoms with van der Waals surface area (Å²) in [5, 5.41) is 15.4. The Balaban J connectivity index is 1.36. The molecule has 0 aliphatic rings. The molecule has 8 nitrogen and oxygen atoms in total. The zero-order valence-electron chi connectivity index (χ0n) is 18.9. The predicted octanol–water partition coefficient (Wildman–Crippen LogP) is 5.53. The number of nitrogens with one attached hydrogen (secondary N) is 1. The first-order valence-corrected chi connectivity index (χ1v) is 10.4. The van der Waals surface area contributed by atoms with Gasteiger partial charge in [-0.25, -0.2) is 4.68 Å². The Labute approximate surface area is 198 Å². The number of anilines is 1. The first-order valence-electron chi connectivity index (χ1n) is 10.4. The summed E-state index contributed by atoms with van der Waals surface area (Å²) < 4.78 is 48.0. The normalized spacial score (nSPS) is 11.3. The van der Waals surface area contributed by atoms with Crippen LogP contribution in [-0.4, -0.2) is 32.2 Å². The minimum Gasteiger partial charge on any atom is -0.438 e. The van der Waals surface area contributed by atoms with E-state index in [1.165, 1.54) is 12.1 Å². The fourth-order valence-corrected chi connectivity index (χ4v) is 3.16. The summed E-state index contributed by atoms with van der Waals surface area (Å²) >= 11 is 0. The highest BCUT2D eigenvalue weighted by Crippen LogP contribution is 2.24. The summed E-state index contributed by atoms with van der Waals surface area (Å²) in [5.74, 6) is 0.433. The molecule has 0 saturated carbocycles. The molecule has 0 aliphatic heterocycles. The summed E-state index contributed by atoms with van der Waals surface area (Å²) in [6.07, 6.45) is -4.79. The molecule has 4 aromatic rings. The van der Waals surface area contributed by atoms with Gasteiger partial charge in [0.25, 0.3) is 5.91 Å². The highest BCUT2D eigenvalue weighted by atomic mass is 19.4. The second kappa shape index (κ2) is 9.45. The number of halogens is 3. The Morgan fingerprint density at radius 2 is 1.54 bits per heavy atom. The number of benzene rings is 2. The van der Waals surface area contributed by atoms with Gasteiger partial charge in [0, 0.05) is 23.0 Å². The third-order valence-electron chi connectivity index (χ3n) is 5.18. The van der Waals surface area contributed by atoms with E-state index < -0.39 is 18.0 Å². The summed E-state index contributed by atoms with van der Waals surface area (Å²) in [7, 11) is 0. The molecule has 0 spiro atoms. The van der Waals surface area contributed by atoms with Crippen LogP contribution in [0.1, 0.15) is 27.3 Å². The quantitative estimate of drug-likeness (QED) is 0.388. The van der Waals surface area contributed by atoms with E-state index in [1.807, 2.05) is 20.8 Å². The number of aryl methyl sites for hydroxylation is 1. The van der Waals surface area contributed by atoms with Crippen molar-refractivity contribution in [2.45, 2.75) is 27.1 Å². The molecule has 0 radical (unpaired) electrons. The van der Waals surface area contributed by atoms with Gasteiger partial charge >= 0.3 is 6.36 Å². The van der Waals surface area contributed by atoms with Crippen LogP contribution in [0.3, 0.4) is 0 Å². The van der Waals surface area contributed by atoms with Crippen LogP contribution in [0.25, 0.3) is 5.82 Å². The van der Waals surface area contributed by atoms with Crippen molar-refractivity contribution in [2.24, 2.45) is 0 Å². The van der Waals surface area contributed by atoms with Gasteiger partial charge in [-0.05, 0) is 80.9 Å². The zero-order valence-corrected chi connectivity index (χ0v) is 18.9. The SMILES string of the molecule is Cc1nn(-c2ccc(Oc3ccc(NC(=O)c4ccc(OC(F)(F)F)cc4)cc3)nn2)c(C)c1C. The zero-order chi connectivity index (χ0) is 25.2. The number of hydrogen-bond acceptors (Lipinski definition) is 6. The Morgan fingerprint density at radius 1 is 0.886 bits per heavy atom. The molecule has 1 amide bonds. The minimum atomic E-state index is -4.79. The maximum absolute atomic E-state index is 12.4. The van der Waals surface area contributed by atoms with Crippen LogP contribution in [0.4, 0.5) is 18.9 Å². The molecule has 1 N–H and O–H groups in total. The van der Waals surface area contributed by atoms with Gasteiger partial charge in [-0.1, -0.05) is 0 Å². The van der Waals surface area contributed by atoms with Crippen LogP contribution in [0, 0.1) is 20.8 Å². The van der Waals surface area contributed by atoms with Crippen molar-refractivity contribution < 1.29 is 27.4 Å². The topological polar surface area (TPSA) is 91.2 Å². The van der Waals surface area contributed by atoms with Gasteiger partial charge in [-0.3, -0.25) is 4.79 Å². The van der Waals surface area contributed by atoms with Crippen molar-refractivity contribution in [1.29, 1.82) is 0 Å². The molecular weight excluding hydrogens is 463 g/mol. The third kappa shape index (κ3) is 5.75. The highest BCUT2D eigenvalue weighted by molar-refractivity contribution is 6.04. The monoisotopic (exact) mass is 483 g/mol. The lowest BCUT2D eigenvalue weighted by molar-refractivity contribution is -0.274. The number of amides is 1. The van der Waals surface area contributed by atoms with E-state index >= 15 is 0 Å². The number of carbonyl (C=O) groups excluding carboxylic acids is 1. The van der Waals surface area contributed by atoms with Crippen molar-refractivity contribution in [3.63, 3.8) is 0 Å². The van der Waals surface area contributed by atoms with E-state index in [0.717, 1.165) is 29.1 Å². The average molecular weight is 483 g/mol.